The minimum absolute atomic E-state index is 0.0371. The molecule has 0 aliphatic heterocycles. The van der Waals surface area contributed by atoms with Crippen molar-refractivity contribution in [2.24, 2.45) is 0 Å². The highest BCUT2D eigenvalue weighted by Crippen LogP contribution is 2.31. The first-order chi connectivity index (χ1) is 15.9. The van der Waals surface area contributed by atoms with Crippen molar-refractivity contribution >= 4 is 45.9 Å². The van der Waals surface area contributed by atoms with Gasteiger partial charge in [-0.15, -0.1) is 11.3 Å². The average molecular weight is 462 g/mol. The molecule has 168 valence electrons. The van der Waals surface area contributed by atoms with Gasteiger partial charge in [0.15, 0.2) is 5.78 Å². The number of fused-ring (bicyclic) bond motifs is 1. The Hall–Kier alpha value is -3.76. The van der Waals surface area contributed by atoms with Crippen molar-refractivity contribution in [3.63, 3.8) is 0 Å². The largest absolute Gasteiger partial charge is 0.462 e. The minimum Gasteiger partial charge on any atom is -0.462 e. The maximum Gasteiger partial charge on any atom is 0.348 e. The SMILES string of the molecule is CCOC(=O)c1sc(CC(=O)C(C#N)=Cc2cccc3ccccc23)c(C(=O)OCC)c1C. The Kier molecular flexibility index (Phi) is 7.75. The molecule has 0 fully saturated rings. The van der Waals surface area contributed by atoms with E-state index in [4.69, 9.17) is 9.47 Å². The Morgan fingerprint density at radius 1 is 1.00 bits per heavy atom. The molecule has 0 bridgehead atoms. The lowest BCUT2D eigenvalue weighted by molar-refractivity contribution is -0.114. The minimum atomic E-state index is -0.610. The zero-order valence-electron chi connectivity index (χ0n) is 18.6. The van der Waals surface area contributed by atoms with E-state index < -0.39 is 17.7 Å². The van der Waals surface area contributed by atoms with Crippen LogP contribution in [0.15, 0.2) is 48.0 Å². The number of thiophene rings is 1. The van der Waals surface area contributed by atoms with Gasteiger partial charge in [-0.05, 0) is 48.7 Å². The Balaban J connectivity index is 2.00. The van der Waals surface area contributed by atoms with Gasteiger partial charge in [0, 0.05) is 11.3 Å². The van der Waals surface area contributed by atoms with E-state index in [0.29, 0.717) is 10.4 Å². The van der Waals surface area contributed by atoms with Crippen LogP contribution in [0, 0.1) is 18.3 Å². The van der Waals surface area contributed by atoms with Gasteiger partial charge >= 0.3 is 11.9 Å². The van der Waals surface area contributed by atoms with Crippen molar-refractivity contribution in [1.29, 1.82) is 5.26 Å². The zero-order valence-corrected chi connectivity index (χ0v) is 19.5. The van der Waals surface area contributed by atoms with Crippen LogP contribution >= 0.6 is 11.3 Å². The molecule has 1 heterocycles. The first kappa shape index (κ1) is 23.9. The number of hydrogen-bond acceptors (Lipinski definition) is 7. The van der Waals surface area contributed by atoms with Crippen LogP contribution in [-0.4, -0.2) is 30.9 Å². The van der Waals surface area contributed by atoms with Gasteiger partial charge in [0.25, 0.3) is 0 Å². The van der Waals surface area contributed by atoms with Gasteiger partial charge in [-0.1, -0.05) is 42.5 Å². The summed E-state index contributed by atoms with van der Waals surface area (Å²) in [4.78, 5) is 38.6. The summed E-state index contributed by atoms with van der Waals surface area (Å²) in [5, 5.41) is 11.6. The molecule has 0 aliphatic rings. The van der Waals surface area contributed by atoms with Crippen LogP contribution < -0.4 is 0 Å². The highest BCUT2D eigenvalue weighted by atomic mass is 32.1. The van der Waals surface area contributed by atoms with E-state index in [1.54, 1.807) is 26.8 Å². The molecule has 3 rings (SSSR count). The van der Waals surface area contributed by atoms with Crippen LogP contribution in [0.2, 0.25) is 0 Å². The summed E-state index contributed by atoms with van der Waals surface area (Å²) >= 11 is 1.02. The Morgan fingerprint density at radius 3 is 2.36 bits per heavy atom. The van der Waals surface area contributed by atoms with E-state index in [1.807, 2.05) is 48.5 Å². The van der Waals surface area contributed by atoms with Crippen LogP contribution in [0.3, 0.4) is 0 Å². The fourth-order valence-electron chi connectivity index (χ4n) is 3.51. The van der Waals surface area contributed by atoms with Gasteiger partial charge in [0.2, 0.25) is 0 Å². The van der Waals surface area contributed by atoms with Crippen molar-refractivity contribution in [2.45, 2.75) is 27.2 Å². The first-order valence-corrected chi connectivity index (χ1v) is 11.3. The van der Waals surface area contributed by atoms with Crippen LogP contribution in [-0.2, 0) is 20.7 Å². The summed E-state index contributed by atoms with van der Waals surface area (Å²) in [5.74, 6) is -1.62. The normalized spacial score (nSPS) is 11.2. The number of nitriles is 1. The van der Waals surface area contributed by atoms with Gasteiger partial charge < -0.3 is 9.47 Å². The number of esters is 2. The van der Waals surface area contributed by atoms with Crippen LogP contribution in [0.5, 0.6) is 0 Å². The fourth-order valence-corrected chi connectivity index (χ4v) is 4.69. The number of hydrogen-bond donors (Lipinski definition) is 0. The molecule has 0 amide bonds. The number of carbonyl (C=O) groups excluding carboxylic acids is 3. The van der Waals surface area contributed by atoms with E-state index in [9.17, 15) is 19.6 Å². The predicted octanol–water partition coefficient (Wildman–Crippen LogP) is 5.28. The zero-order chi connectivity index (χ0) is 24.0. The van der Waals surface area contributed by atoms with Crippen molar-refractivity contribution in [3.8, 4) is 6.07 Å². The molecule has 0 N–H and O–H groups in total. The molecule has 0 radical (unpaired) electrons. The first-order valence-electron chi connectivity index (χ1n) is 10.5. The molecule has 33 heavy (non-hydrogen) atoms. The lowest BCUT2D eigenvalue weighted by Crippen LogP contribution is -2.12. The second-order valence-corrected chi connectivity index (χ2v) is 8.24. The Morgan fingerprint density at radius 2 is 1.67 bits per heavy atom. The van der Waals surface area contributed by atoms with Crippen molar-refractivity contribution in [3.05, 3.63) is 74.5 Å². The Labute approximate surface area is 196 Å². The number of ketones is 1. The maximum absolute atomic E-state index is 13.1. The number of allylic oxidation sites excluding steroid dienone is 1. The summed E-state index contributed by atoms with van der Waals surface area (Å²) < 4.78 is 10.2. The van der Waals surface area contributed by atoms with Gasteiger partial charge in [0.1, 0.15) is 10.9 Å². The number of rotatable bonds is 8. The third-order valence-corrected chi connectivity index (χ3v) is 6.30. The van der Waals surface area contributed by atoms with E-state index in [-0.39, 0.29) is 35.6 Å². The lowest BCUT2D eigenvalue weighted by Gasteiger charge is -2.06. The molecule has 0 saturated carbocycles. The summed E-state index contributed by atoms with van der Waals surface area (Å²) in [6, 6.07) is 15.3. The van der Waals surface area contributed by atoms with Crippen LogP contribution in [0.1, 0.15) is 49.9 Å². The molecule has 6 nitrogen and oxygen atoms in total. The molecule has 0 aliphatic carbocycles. The number of benzene rings is 2. The molecule has 1 aromatic heterocycles. The van der Waals surface area contributed by atoms with E-state index in [0.717, 1.165) is 27.7 Å². The molecule has 0 atom stereocenters. The summed E-state index contributed by atoms with van der Waals surface area (Å²) in [7, 11) is 0. The molecular weight excluding hydrogens is 438 g/mol. The van der Waals surface area contributed by atoms with E-state index in [1.165, 1.54) is 0 Å². The number of nitrogens with zero attached hydrogens (tertiary/aromatic N) is 1. The van der Waals surface area contributed by atoms with Gasteiger partial charge in [0.05, 0.1) is 24.4 Å². The maximum atomic E-state index is 13.1. The number of carbonyl (C=O) groups is 3. The number of ether oxygens (including phenoxy) is 2. The van der Waals surface area contributed by atoms with Crippen molar-refractivity contribution in [1.82, 2.24) is 0 Å². The smallest absolute Gasteiger partial charge is 0.348 e. The average Bonchev–Trinajstić information content (AvgIpc) is 3.13. The molecule has 7 heteroatoms. The lowest BCUT2D eigenvalue weighted by atomic mass is 9.99. The second-order valence-electron chi connectivity index (χ2n) is 7.13. The monoisotopic (exact) mass is 461 g/mol. The highest BCUT2D eigenvalue weighted by Gasteiger charge is 2.28. The van der Waals surface area contributed by atoms with Crippen LogP contribution in [0.4, 0.5) is 0 Å². The fraction of sp³-hybridized carbons (Fsp3) is 0.231. The summed E-state index contributed by atoms with van der Waals surface area (Å²) in [6.07, 6.45) is 1.35. The molecule has 2 aromatic carbocycles. The molecule has 3 aromatic rings. The van der Waals surface area contributed by atoms with E-state index >= 15 is 0 Å². The summed E-state index contributed by atoms with van der Waals surface area (Å²) in [5.41, 5.74) is 1.31. The summed E-state index contributed by atoms with van der Waals surface area (Å²) in [6.45, 7) is 5.33. The second kappa shape index (κ2) is 10.7. The van der Waals surface area contributed by atoms with Crippen molar-refractivity contribution in [2.75, 3.05) is 13.2 Å². The van der Waals surface area contributed by atoms with Crippen LogP contribution in [0.25, 0.3) is 16.8 Å². The molecule has 0 unspecified atom stereocenters. The third kappa shape index (κ3) is 5.18. The van der Waals surface area contributed by atoms with Gasteiger partial charge in [-0.3, -0.25) is 4.79 Å². The van der Waals surface area contributed by atoms with E-state index in [2.05, 4.69) is 0 Å². The standard InChI is InChI=1S/C26H23NO5S/c1-4-31-25(29)23-16(3)24(26(30)32-5-2)33-22(23)14-21(28)19(15-27)13-18-11-8-10-17-9-6-7-12-20(17)18/h6-13H,4-5,14H2,1-3H3. The highest BCUT2D eigenvalue weighted by molar-refractivity contribution is 7.14. The van der Waals surface area contributed by atoms with Crippen molar-refractivity contribution < 1.29 is 23.9 Å². The number of Topliss-reactive ketones (excluding diaryl/α,β-unsaturated/α-hetero) is 1. The molecule has 0 spiro atoms. The topological polar surface area (TPSA) is 93.5 Å². The predicted molar refractivity (Wildman–Crippen MR) is 127 cm³/mol. The Bertz CT molecular complexity index is 1290. The molecular formula is C26H23NO5S. The third-order valence-electron chi connectivity index (χ3n) is 5.03. The molecule has 0 saturated heterocycles. The quantitative estimate of drug-likeness (QED) is 0.257. The van der Waals surface area contributed by atoms with Gasteiger partial charge in [-0.2, -0.15) is 5.26 Å². The van der Waals surface area contributed by atoms with Gasteiger partial charge in [-0.25, -0.2) is 9.59 Å².